The summed E-state index contributed by atoms with van der Waals surface area (Å²) in [7, 11) is 3.51. The molecule has 162 valence electrons. The van der Waals surface area contributed by atoms with Crippen molar-refractivity contribution in [2.75, 3.05) is 51.4 Å². The quantitative estimate of drug-likeness (QED) is 0.686. The monoisotopic (exact) mass is 411 g/mol. The number of methoxy groups -OCH3 is 1. The number of aryl methyl sites for hydroxylation is 1. The maximum absolute atomic E-state index is 6.27. The largest absolute Gasteiger partial charge is 0.493 e. The minimum absolute atomic E-state index is 0.263. The summed E-state index contributed by atoms with van der Waals surface area (Å²) in [4.78, 5) is 11.3. The fraction of sp³-hybridized carbons (Fsp3) is 0.565. The number of hydrogen-bond acceptors (Lipinski definition) is 7. The SMILES string of the molecule is CNc1nc(N)nc(C)c1-c1ccc(OC)c(OCC2CCN(CC3CC3)CC2)c1. The van der Waals surface area contributed by atoms with Gasteiger partial charge in [0.25, 0.3) is 0 Å². The maximum atomic E-state index is 6.27. The second-order valence-corrected chi connectivity index (χ2v) is 8.50. The molecular weight excluding hydrogens is 378 g/mol. The number of aromatic nitrogens is 2. The molecule has 3 N–H and O–H groups in total. The summed E-state index contributed by atoms with van der Waals surface area (Å²) in [5.41, 5.74) is 8.54. The molecule has 30 heavy (non-hydrogen) atoms. The van der Waals surface area contributed by atoms with Crippen molar-refractivity contribution in [3.8, 4) is 22.6 Å². The summed E-state index contributed by atoms with van der Waals surface area (Å²) in [5, 5.41) is 3.12. The number of likely N-dealkylation sites (tertiary alicyclic amines) is 1. The van der Waals surface area contributed by atoms with E-state index in [0.717, 1.165) is 34.2 Å². The van der Waals surface area contributed by atoms with Crippen LogP contribution in [0.2, 0.25) is 0 Å². The summed E-state index contributed by atoms with van der Waals surface area (Å²) in [5.74, 6) is 4.02. The lowest BCUT2D eigenvalue weighted by atomic mass is 9.97. The number of piperidine rings is 1. The Labute approximate surface area is 179 Å². The van der Waals surface area contributed by atoms with Gasteiger partial charge in [0.15, 0.2) is 11.5 Å². The van der Waals surface area contributed by atoms with E-state index in [2.05, 4.69) is 20.2 Å². The summed E-state index contributed by atoms with van der Waals surface area (Å²) in [6.45, 7) is 6.33. The number of rotatable bonds is 8. The van der Waals surface area contributed by atoms with Crippen LogP contribution in [0.5, 0.6) is 11.5 Å². The zero-order valence-electron chi connectivity index (χ0n) is 18.3. The van der Waals surface area contributed by atoms with E-state index >= 15 is 0 Å². The van der Waals surface area contributed by atoms with Crippen molar-refractivity contribution in [3.63, 3.8) is 0 Å². The highest BCUT2D eigenvalue weighted by molar-refractivity contribution is 5.79. The molecule has 1 aromatic heterocycles. The Bertz CT molecular complexity index is 876. The molecule has 7 nitrogen and oxygen atoms in total. The summed E-state index contributed by atoms with van der Waals surface area (Å²) < 4.78 is 11.8. The molecule has 0 bridgehead atoms. The summed E-state index contributed by atoms with van der Waals surface area (Å²) >= 11 is 0. The van der Waals surface area contributed by atoms with Crippen LogP contribution in [0.15, 0.2) is 18.2 Å². The van der Waals surface area contributed by atoms with Crippen LogP contribution >= 0.6 is 0 Å². The molecule has 1 saturated carbocycles. The Hall–Kier alpha value is -2.54. The van der Waals surface area contributed by atoms with Gasteiger partial charge in [0.2, 0.25) is 5.95 Å². The molecular formula is C23H33N5O2. The molecule has 7 heteroatoms. The van der Waals surface area contributed by atoms with Gasteiger partial charge in [-0.3, -0.25) is 0 Å². The molecule has 0 atom stereocenters. The molecule has 1 aliphatic heterocycles. The number of anilines is 2. The van der Waals surface area contributed by atoms with Crippen LogP contribution in [0, 0.1) is 18.8 Å². The third kappa shape index (κ3) is 4.78. The van der Waals surface area contributed by atoms with Crippen molar-refractivity contribution in [2.24, 2.45) is 11.8 Å². The lowest BCUT2D eigenvalue weighted by Gasteiger charge is -2.32. The molecule has 0 radical (unpaired) electrons. The van der Waals surface area contributed by atoms with Gasteiger partial charge in [-0.05, 0) is 75.2 Å². The average molecular weight is 412 g/mol. The van der Waals surface area contributed by atoms with Crippen LogP contribution in [0.1, 0.15) is 31.4 Å². The minimum atomic E-state index is 0.263. The second-order valence-electron chi connectivity index (χ2n) is 8.50. The molecule has 1 aliphatic carbocycles. The van der Waals surface area contributed by atoms with Gasteiger partial charge in [0.05, 0.1) is 19.4 Å². The van der Waals surface area contributed by atoms with Crippen LogP contribution < -0.4 is 20.5 Å². The maximum Gasteiger partial charge on any atom is 0.222 e. The third-order valence-corrected chi connectivity index (χ3v) is 6.19. The van der Waals surface area contributed by atoms with E-state index in [1.54, 1.807) is 7.11 Å². The van der Waals surface area contributed by atoms with Gasteiger partial charge in [-0.25, -0.2) is 4.98 Å². The van der Waals surface area contributed by atoms with Crippen LogP contribution in [0.3, 0.4) is 0 Å². The zero-order valence-corrected chi connectivity index (χ0v) is 18.3. The molecule has 1 aromatic carbocycles. The highest BCUT2D eigenvalue weighted by atomic mass is 16.5. The number of nitrogens with one attached hydrogen (secondary N) is 1. The van der Waals surface area contributed by atoms with Crippen molar-refractivity contribution in [1.82, 2.24) is 14.9 Å². The Morgan fingerprint density at radius 3 is 2.53 bits per heavy atom. The summed E-state index contributed by atoms with van der Waals surface area (Å²) in [6.07, 6.45) is 5.24. The van der Waals surface area contributed by atoms with E-state index in [0.29, 0.717) is 18.3 Å². The van der Waals surface area contributed by atoms with E-state index < -0.39 is 0 Å². The van der Waals surface area contributed by atoms with Gasteiger partial charge in [-0.2, -0.15) is 4.98 Å². The van der Waals surface area contributed by atoms with Crippen molar-refractivity contribution in [3.05, 3.63) is 23.9 Å². The Balaban J connectivity index is 1.46. The third-order valence-electron chi connectivity index (χ3n) is 6.19. The second kappa shape index (κ2) is 9.08. The van der Waals surface area contributed by atoms with Gasteiger partial charge in [-0.15, -0.1) is 0 Å². The molecule has 0 unspecified atom stereocenters. The first-order chi connectivity index (χ1) is 14.6. The van der Waals surface area contributed by atoms with Crippen LogP contribution in [-0.2, 0) is 0 Å². The fourth-order valence-corrected chi connectivity index (χ4v) is 4.27. The van der Waals surface area contributed by atoms with Crippen molar-refractivity contribution < 1.29 is 9.47 Å². The van der Waals surface area contributed by atoms with Gasteiger partial charge < -0.3 is 25.4 Å². The number of nitrogens with two attached hydrogens (primary N) is 1. The van der Waals surface area contributed by atoms with E-state index in [1.165, 1.54) is 45.3 Å². The Kier molecular flexibility index (Phi) is 6.27. The molecule has 0 spiro atoms. The van der Waals surface area contributed by atoms with Crippen LogP contribution in [0.25, 0.3) is 11.1 Å². The minimum Gasteiger partial charge on any atom is -0.493 e. The number of nitrogens with zero attached hydrogens (tertiary/aromatic N) is 3. The molecule has 2 aromatic rings. The van der Waals surface area contributed by atoms with E-state index in [9.17, 15) is 0 Å². The lowest BCUT2D eigenvalue weighted by Crippen LogP contribution is -2.36. The van der Waals surface area contributed by atoms with Crippen molar-refractivity contribution >= 4 is 11.8 Å². The molecule has 2 aliphatic rings. The van der Waals surface area contributed by atoms with Gasteiger partial charge >= 0.3 is 0 Å². The molecule has 2 heterocycles. The number of ether oxygens (including phenoxy) is 2. The predicted octanol–water partition coefficient (Wildman–Crippen LogP) is 3.59. The summed E-state index contributed by atoms with van der Waals surface area (Å²) in [6, 6.07) is 5.96. The van der Waals surface area contributed by atoms with E-state index in [4.69, 9.17) is 15.2 Å². The molecule has 4 rings (SSSR count). The van der Waals surface area contributed by atoms with Crippen molar-refractivity contribution in [1.29, 1.82) is 0 Å². The predicted molar refractivity (Wildman–Crippen MR) is 120 cm³/mol. The lowest BCUT2D eigenvalue weighted by molar-refractivity contribution is 0.136. The topological polar surface area (TPSA) is 85.5 Å². The van der Waals surface area contributed by atoms with E-state index in [-0.39, 0.29) is 5.95 Å². The number of benzene rings is 1. The fourth-order valence-electron chi connectivity index (χ4n) is 4.27. The van der Waals surface area contributed by atoms with Crippen LogP contribution in [-0.4, -0.2) is 55.3 Å². The number of hydrogen-bond donors (Lipinski definition) is 2. The standard InChI is InChI=1S/C23H33N5O2/c1-15-21(22(25-2)27-23(24)26-15)18-6-7-19(29-3)20(12-18)30-14-17-8-10-28(11-9-17)13-16-4-5-16/h6-7,12,16-17H,4-5,8-11,13-14H2,1-3H3,(H3,24,25,26,27). The Morgan fingerprint density at radius 2 is 1.87 bits per heavy atom. The average Bonchev–Trinajstić information content (AvgIpc) is 3.56. The van der Waals surface area contributed by atoms with Gasteiger partial charge in [0.1, 0.15) is 5.82 Å². The number of nitrogen functional groups attached to an aromatic ring is 1. The zero-order chi connectivity index (χ0) is 21.1. The van der Waals surface area contributed by atoms with E-state index in [1.807, 2.05) is 32.2 Å². The van der Waals surface area contributed by atoms with Gasteiger partial charge in [0, 0.05) is 19.2 Å². The van der Waals surface area contributed by atoms with Crippen molar-refractivity contribution in [2.45, 2.75) is 32.6 Å². The smallest absolute Gasteiger partial charge is 0.222 e. The van der Waals surface area contributed by atoms with Gasteiger partial charge in [-0.1, -0.05) is 6.07 Å². The van der Waals surface area contributed by atoms with Crippen LogP contribution in [0.4, 0.5) is 11.8 Å². The first kappa shape index (κ1) is 20.7. The molecule has 0 amide bonds. The Morgan fingerprint density at radius 1 is 1.10 bits per heavy atom. The first-order valence-electron chi connectivity index (χ1n) is 10.9. The highest BCUT2D eigenvalue weighted by Gasteiger charge is 2.27. The molecule has 2 fully saturated rings. The first-order valence-corrected chi connectivity index (χ1v) is 10.9. The normalized spacial score (nSPS) is 17.7. The molecule has 1 saturated heterocycles. The highest BCUT2D eigenvalue weighted by Crippen LogP contribution is 2.37.